The number of nitrogen functional groups attached to an aromatic ring is 1. The van der Waals surface area contributed by atoms with Crippen molar-refractivity contribution in [2.75, 3.05) is 5.73 Å². The van der Waals surface area contributed by atoms with Crippen molar-refractivity contribution >= 4 is 5.95 Å². The molecular formula is C10H18N4. The molecule has 0 bridgehead atoms. The number of imidazole rings is 1. The minimum Gasteiger partial charge on any atom is -0.369 e. The Bertz CT molecular complexity index is 280. The van der Waals surface area contributed by atoms with Gasteiger partial charge in [-0.3, -0.25) is 0 Å². The molecule has 0 aliphatic heterocycles. The number of nitrogens with zero attached hydrogens (tertiary/aromatic N) is 2. The van der Waals surface area contributed by atoms with Gasteiger partial charge in [-0.05, 0) is 12.8 Å². The van der Waals surface area contributed by atoms with Gasteiger partial charge in [0.25, 0.3) is 0 Å². The van der Waals surface area contributed by atoms with E-state index >= 15 is 0 Å². The van der Waals surface area contributed by atoms with Crippen molar-refractivity contribution in [3.05, 3.63) is 11.9 Å². The molecule has 2 rings (SSSR count). The van der Waals surface area contributed by atoms with E-state index in [1.165, 1.54) is 25.7 Å². The van der Waals surface area contributed by atoms with Crippen molar-refractivity contribution in [1.29, 1.82) is 0 Å². The highest BCUT2D eigenvalue weighted by Gasteiger charge is 2.14. The topological polar surface area (TPSA) is 55.9 Å². The smallest absolute Gasteiger partial charge is 0.200 e. The summed E-state index contributed by atoms with van der Waals surface area (Å²) in [6, 6.07) is 0.693. The lowest BCUT2D eigenvalue weighted by Gasteiger charge is -2.09. The molecule has 0 aromatic carbocycles. The molecule has 1 fully saturated rings. The summed E-state index contributed by atoms with van der Waals surface area (Å²) in [6.45, 7) is 0.843. The number of anilines is 1. The third-order valence-corrected chi connectivity index (χ3v) is 2.89. The predicted octanol–water partition coefficient (Wildman–Crippen LogP) is 1.03. The van der Waals surface area contributed by atoms with E-state index in [1.807, 2.05) is 17.8 Å². The quantitative estimate of drug-likeness (QED) is 0.755. The van der Waals surface area contributed by atoms with Crippen molar-refractivity contribution < 1.29 is 0 Å². The fourth-order valence-corrected chi connectivity index (χ4v) is 2.01. The monoisotopic (exact) mass is 194 g/mol. The van der Waals surface area contributed by atoms with Crippen molar-refractivity contribution in [1.82, 2.24) is 14.9 Å². The van der Waals surface area contributed by atoms with E-state index in [9.17, 15) is 0 Å². The van der Waals surface area contributed by atoms with Gasteiger partial charge in [0.15, 0.2) is 5.95 Å². The number of aryl methyl sites for hydroxylation is 1. The second-order valence-electron chi connectivity index (χ2n) is 4.06. The van der Waals surface area contributed by atoms with Gasteiger partial charge in [0, 0.05) is 25.8 Å². The average Bonchev–Trinajstić information content (AvgIpc) is 2.74. The Morgan fingerprint density at radius 2 is 2.29 bits per heavy atom. The molecule has 1 aliphatic carbocycles. The molecule has 0 spiro atoms. The van der Waals surface area contributed by atoms with Crippen molar-refractivity contribution in [2.45, 2.75) is 38.3 Å². The second-order valence-corrected chi connectivity index (χ2v) is 4.06. The predicted molar refractivity (Wildman–Crippen MR) is 56.7 cm³/mol. The van der Waals surface area contributed by atoms with Gasteiger partial charge in [0.1, 0.15) is 0 Å². The molecular weight excluding hydrogens is 176 g/mol. The van der Waals surface area contributed by atoms with Crippen LogP contribution in [0.25, 0.3) is 0 Å². The molecule has 1 aliphatic rings. The molecule has 4 heteroatoms. The summed E-state index contributed by atoms with van der Waals surface area (Å²) in [5.41, 5.74) is 6.69. The van der Waals surface area contributed by atoms with Gasteiger partial charge in [0.2, 0.25) is 0 Å². The summed E-state index contributed by atoms with van der Waals surface area (Å²) < 4.78 is 1.85. The van der Waals surface area contributed by atoms with Crippen LogP contribution in [-0.4, -0.2) is 15.6 Å². The number of nitrogens with one attached hydrogen (secondary N) is 1. The fraction of sp³-hybridized carbons (Fsp3) is 0.700. The highest BCUT2D eigenvalue weighted by Crippen LogP contribution is 2.18. The zero-order chi connectivity index (χ0) is 9.97. The molecule has 78 valence electrons. The maximum atomic E-state index is 5.65. The first-order chi connectivity index (χ1) is 6.75. The van der Waals surface area contributed by atoms with Crippen LogP contribution in [0, 0.1) is 0 Å². The van der Waals surface area contributed by atoms with Gasteiger partial charge in [-0.2, -0.15) is 0 Å². The van der Waals surface area contributed by atoms with Crippen LogP contribution in [0.5, 0.6) is 0 Å². The SMILES string of the molecule is Cn1cc(CNC2CCCC2)nc1N. The molecule has 4 nitrogen and oxygen atoms in total. The van der Waals surface area contributed by atoms with Crippen LogP contribution in [0.1, 0.15) is 31.4 Å². The maximum Gasteiger partial charge on any atom is 0.200 e. The first-order valence-corrected chi connectivity index (χ1v) is 5.27. The van der Waals surface area contributed by atoms with Gasteiger partial charge in [-0.25, -0.2) is 4.98 Å². The van der Waals surface area contributed by atoms with Gasteiger partial charge in [-0.15, -0.1) is 0 Å². The van der Waals surface area contributed by atoms with E-state index < -0.39 is 0 Å². The lowest BCUT2D eigenvalue weighted by Crippen LogP contribution is -2.25. The van der Waals surface area contributed by atoms with E-state index in [-0.39, 0.29) is 0 Å². The molecule has 0 amide bonds. The van der Waals surface area contributed by atoms with Gasteiger partial charge in [0.05, 0.1) is 5.69 Å². The Kier molecular flexibility index (Phi) is 2.72. The minimum absolute atomic E-state index is 0.591. The van der Waals surface area contributed by atoms with Gasteiger partial charge < -0.3 is 15.6 Å². The van der Waals surface area contributed by atoms with E-state index in [1.54, 1.807) is 0 Å². The van der Waals surface area contributed by atoms with Crippen LogP contribution in [0.2, 0.25) is 0 Å². The van der Waals surface area contributed by atoms with E-state index in [0.29, 0.717) is 12.0 Å². The third kappa shape index (κ3) is 2.07. The van der Waals surface area contributed by atoms with Crippen LogP contribution >= 0.6 is 0 Å². The number of aromatic nitrogens is 2. The summed E-state index contributed by atoms with van der Waals surface area (Å²) in [4.78, 5) is 4.25. The second kappa shape index (κ2) is 4.00. The molecule has 1 aromatic rings. The zero-order valence-corrected chi connectivity index (χ0v) is 8.66. The average molecular weight is 194 g/mol. The molecule has 0 radical (unpaired) electrons. The maximum absolute atomic E-state index is 5.65. The van der Waals surface area contributed by atoms with Crippen molar-refractivity contribution in [3.8, 4) is 0 Å². The number of nitrogens with two attached hydrogens (primary N) is 1. The van der Waals surface area contributed by atoms with Crippen molar-refractivity contribution in [2.24, 2.45) is 7.05 Å². The molecule has 3 N–H and O–H groups in total. The molecule has 1 heterocycles. The van der Waals surface area contributed by atoms with Crippen molar-refractivity contribution in [3.63, 3.8) is 0 Å². The zero-order valence-electron chi connectivity index (χ0n) is 8.66. The minimum atomic E-state index is 0.591. The Hall–Kier alpha value is -1.03. The lowest BCUT2D eigenvalue weighted by atomic mass is 10.2. The fourth-order valence-electron chi connectivity index (χ4n) is 2.01. The van der Waals surface area contributed by atoms with Crippen LogP contribution in [0.4, 0.5) is 5.95 Å². The van der Waals surface area contributed by atoms with Gasteiger partial charge >= 0.3 is 0 Å². The van der Waals surface area contributed by atoms with Crippen LogP contribution < -0.4 is 11.1 Å². The van der Waals surface area contributed by atoms with Gasteiger partial charge in [-0.1, -0.05) is 12.8 Å². The molecule has 1 saturated carbocycles. The van der Waals surface area contributed by atoms with Crippen LogP contribution in [0.3, 0.4) is 0 Å². The summed E-state index contributed by atoms with van der Waals surface area (Å²) >= 11 is 0. The third-order valence-electron chi connectivity index (χ3n) is 2.89. The molecule has 0 unspecified atom stereocenters. The van der Waals surface area contributed by atoms with E-state index in [2.05, 4.69) is 10.3 Å². The summed E-state index contributed by atoms with van der Waals surface area (Å²) in [5, 5.41) is 3.51. The summed E-state index contributed by atoms with van der Waals surface area (Å²) in [5.74, 6) is 0.591. The Labute approximate surface area is 84.5 Å². The molecule has 1 aromatic heterocycles. The highest BCUT2D eigenvalue weighted by molar-refractivity contribution is 5.21. The number of rotatable bonds is 3. The highest BCUT2D eigenvalue weighted by atomic mass is 15.1. The Balaban J connectivity index is 1.85. The largest absolute Gasteiger partial charge is 0.369 e. The summed E-state index contributed by atoms with van der Waals surface area (Å²) in [7, 11) is 1.92. The first kappa shape index (κ1) is 9.52. The molecule has 0 saturated heterocycles. The van der Waals surface area contributed by atoms with Crippen LogP contribution in [-0.2, 0) is 13.6 Å². The standard InChI is InChI=1S/C10H18N4/c1-14-7-9(13-10(14)11)6-12-8-4-2-3-5-8/h7-8,12H,2-6H2,1H3,(H2,11,13). The normalized spacial score (nSPS) is 17.8. The first-order valence-electron chi connectivity index (χ1n) is 5.27. The Morgan fingerprint density at radius 3 is 2.86 bits per heavy atom. The summed E-state index contributed by atoms with van der Waals surface area (Å²) in [6.07, 6.45) is 7.33. The number of hydrogen-bond donors (Lipinski definition) is 2. The van der Waals surface area contributed by atoms with Crippen LogP contribution in [0.15, 0.2) is 6.20 Å². The van der Waals surface area contributed by atoms with E-state index in [0.717, 1.165) is 12.2 Å². The van der Waals surface area contributed by atoms with E-state index in [4.69, 9.17) is 5.73 Å². The molecule has 14 heavy (non-hydrogen) atoms. The Morgan fingerprint density at radius 1 is 1.57 bits per heavy atom. The number of hydrogen-bond acceptors (Lipinski definition) is 3. The molecule has 0 atom stereocenters. The lowest BCUT2D eigenvalue weighted by molar-refractivity contribution is 0.520.